The van der Waals surface area contributed by atoms with E-state index in [1.54, 1.807) is 24.1 Å². The molecule has 27 heavy (non-hydrogen) atoms. The fourth-order valence-corrected chi connectivity index (χ4v) is 4.12. The third kappa shape index (κ3) is 3.16. The van der Waals surface area contributed by atoms with E-state index in [4.69, 9.17) is 16.3 Å². The molecule has 1 spiro atoms. The highest BCUT2D eigenvalue weighted by Gasteiger charge is 2.54. The first-order valence-electron chi connectivity index (χ1n) is 8.95. The number of halogens is 1. The fourth-order valence-electron chi connectivity index (χ4n) is 3.95. The molecule has 2 amide bonds. The minimum atomic E-state index is 0.00485. The van der Waals surface area contributed by atoms with Gasteiger partial charge >= 0.3 is 6.03 Å². The zero-order valence-electron chi connectivity index (χ0n) is 15.4. The molecule has 3 heterocycles. The zero-order valence-corrected chi connectivity index (χ0v) is 16.2. The lowest BCUT2D eigenvalue weighted by atomic mass is 9.73. The minimum Gasteiger partial charge on any atom is -0.495 e. The van der Waals surface area contributed by atoms with E-state index >= 15 is 0 Å². The van der Waals surface area contributed by atoms with E-state index < -0.39 is 0 Å². The predicted octanol–water partition coefficient (Wildman–Crippen LogP) is 2.91. The Labute approximate surface area is 163 Å². The van der Waals surface area contributed by atoms with Gasteiger partial charge in [0, 0.05) is 49.2 Å². The average Bonchev–Trinajstić information content (AvgIpc) is 2.62. The van der Waals surface area contributed by atoms with Crippen LogP contribution >= 0.6 is 11.6 Å². The average molecular weight is 388 g/mol. The van der Waals surface area contributed by atoms with Crippen LogP contribution in [0, 0.1) is 5.41 Å². The molecular weight excluding hydrogens is 366 g/mol. The maximum atomic E-state index is 13.0. The van der Waals surface area contributed by atoms with E-state index in [9.17, 15) is 4.79 Å². The van der Waals surface area contributed by atoms with Crippen molar-refractivity contribution in [3.05, 3.63) is 41.9 Å². The summed E-state index contributed by atoms with van der Waals surface area (Å²) in [6, 6.07) is 5.35. The van der Waals surface area contributed by atoms with Crippen LogP contribution in [0.4, 0.5) is 16.2 Å². The number of methoxy groups -OCH3 is 1. The lowest BCUT2D eigenvalue weighted by Crippen LogP contribution is -2.74. The van der Waals surface area contributed by atoms with Crippen molar-refractivity contribution >= 4 is 29.0 Å². The van der Waals surface area contributed by atoms with E-state index in [0.29, 0.717) is 17.3 Å². The molecule has 1 aromatic carbocycles. The van der Waals surface area contributed by atoms with Gasteiger partial charge in [-0.15, -0.1) is 0 Å². The molecule has 2 saturated heterocycles. The van der Waals surface area contributed by atoms with E-state index in [2.05, 4.69) is 14.9 Å². The second-order valence-electron chi connectivity index (χ2n) is 7.15. The molecule has 142 valence electrons. The molecule has 2 aromatic rings. The topological polar surface area (TPSA) is 61.8 Å². The van der Waals surface area contributed by atoms with Gasteiger partial charge in [0.05, 0.1) is 30.9 Å². The van der Waals surface area contributed by atoms with E-state index in [1.807, 2.05) is 30.3 Å². The van der Waals surface area contributed by atoms with Crippen LogP contribution in [0.15, 0.2) is 36.9 Å². The molecule has 0 radical (unpaired) electrons. The van der Waals surface area contributed by atoms with Crippen molar-refractivity contribution in [3.8, 4) is 5.75 Å². The molecule has 0 unspecified atom stereocenters. The Bertz CT molecular complexity index is 833. The van der Waals surface area contributed by atoms with Crippen LogP contribution in [-0.2, 0) is 0 Å². The van der Waals surface area contributed by atoms with Gasteiger partial charge in [-0.2, -0.15) is 0 Å². The van der Waals surface area contributed by atoms with Gasteiger partial charge in [0.1, 0.15) is 12.1 Å². The summed E-state index contributed by atoms with van der Waals surface area (Å²) >= 11 is 6.04. The predicted molar refractivity (Wildman–Crippen MR) is 105 cm³/mol. The molecule has 2 aliphatic rings. The number of carbonyl (C=O) groups excluding carboxylic acids is 1. The molecular formula is C19H22ClN5O2. The lowest BCUT2D eigenvalue weighted by Gasteiger charge is -2.61. The smallest absolute Gasteiger partial charge is 0.324 e. The standard InChI is InChI=1S/C19H22ClN5O2/c1-3-25(16-5-4-14(20)6-17(16)27-2)18(26)24-11-19(12-24)9-23(10-19)15-7-21-13-22-8-15/h4-8,13H,3,9-12H2,1-2H3. The van der Waals surface area contributed by atoms with E-state index in [0.717, 1.165) is 37.6 Å². The Morgan fingerprint density at radius 3 is 2.59 bits per heavy atom. The summed E-state index contributed by atoms with van der Waals surface area (Å²) in [5.74, 6) is 0.604. The first kappa shape index (κ1) is 17.9. The van der Waals surface area contributed by atoms with Crippen molar-refractivity contribution < 1.29 is 9.53 Å². The number of likely N-dealkylation sites (tertiary alicyclic amines) is 1. The van der Waals surface area contributed by atoms with Crippen LogP contribution < -0.4 is 14.5 Å². The summed E-state index contributed by atoms with van der Waals surface area (Å²) in [5, 5.41) is 0.585. The Morgan fingerprint density at radius 2 is 1.96 bits per heavy atom. The quantitative estimate of drug-likeness (QED) is 0.807. The van der Waals surface area contributed by atoms with Gasteiger partial charge in [-0.3, -0.25) is 4.90 Å². The third-order valence-corrected chi connectivity index (χ3v) is 5.50. The van der Waals surface area contributed by atoms with Crippen molar-refractivity contribution in [1.29, 1.82) is 0 Å². The zero-order chi connectivity index (χ0) is 19.0. The number of rotatable bonds is 4. The van der Waals surface area contributed by atoms with Gasteiger partial charge in [-0.1, -0.05) is 11.6 Å². The highest BCUT2D eigenvalue weighted by Crippen LogP contribution is 2.42. The maximum Gasteiger partial charge on any atom is 0.324 e. The fraction of sp³-hybridized carbons (Fsp3) is 0.421. The first-order chi connectivity index (χ1) is 13.0. The normalized spacial score (nSPS) is 17.3. The number of carbonyl (C=O) groups is 1. The number of ether oxygens (including phenoxy) is 1. The number of benzene rings is 1. The van der Waals surface area contributed by atoms with E-state index in [-0.39, 0.29) is 11.4 Å². The molecule has 0 aliphatic carbocycles. The molecule has 2 fully saturated rings. The maximum absolute atomic E-state index is 13.0. The van der Waals surface area contributed by atoms with Crippen molar-refractivity contribution in [2.75, 3.05) is 49.6 Å². The number of hydrogen-bond acceptors (Lipinski definition) is 5. The molecule has 0 saturated carbocycles. The summed E-state index contributed by atoms with van der Waals surface area (Å²) in [7, 11) is 1.59. The van der Waals surface area contributed by atoms with Gasteiger partial charge in [0.2, 0.25) is 0 Å². The second kappa shape index (κ2) is 6.88. The number of anilines is 2. The van der Waals surface area contributed by atoms with Gasteiger partial charge in [0.15, 0.2) is 0 Å². The Kier molecular flexibility index (Phi) is 4.55. The molecule has 1 aromatic heterocycles. The van der Waals surface area contributed by atoms with Crippen molar-refractivity contribution in [3.63, 3.8) is 0 Å². The van der Waals surface area contributed by atoms with Gasteiger partial charge in [-0.25, -0.2) is 14.8 Å². The Balaban J connectivity index is 1.40. The van der Waals surface area contributed by atoms with Crippen LogP contribution in [0.2, 0.25) is 5.02 Å². The second-order valence-corrected chi connectivity index (χ2v) is 7.59. The monoisotopic (exact) mass is 387 g/mol. The number of amides is 2. The molecule has 8 heteroatoms. The van der Waals surface area contributed by atoms with Gasteiger partial charge in [0.25, 0.3) is 0 Å². The van der Waals surface area contributed by atoms with Gasteiger partial charge < -0.3 is 14.5 Å². The molecule has 0 N–H and O–H groups in total. The summed E-state index contributed by atoms with van der Waals surface area (Å²) in [4.78, 5) is 27.0. The highest BCUT2D eigenvalue weighted by atomic mass is 35.5. The van der Waals surface area contributed by atoms with Crippen LogP contribution in [-0.4, -0.2) is 60.7 Å². The summed E-state index contributed by atoms with van der Waals surface area (Å²) in [6.07, 6.45) is 5.19. The Hall–Kier alpha value is -2.54. The largest absolute Gasteiger partial charge is 0.495 e. The SMILES string of the molecule is CCN(C(=O)N1CC2(C1)CN(c1cncnc1)C2)c1ccc(Cl)cc1OC. The van der Waals surface area contributed by atoms with Crippen LogP contribution in [0.3, 0.4) is 0 Å². The van der Waals surface area contributed by atoms with Crippen LogP contribution in [0.5, 0.6) is 5.75 Å². The molecule has 2 aliphatic heterocycles. The minimum absolute atomic E-state index is 0.00485. The van der Waals surface area contributed by atoms with Crippen LogP contribution in [0.1, 0.15) is 6.92 Å². The molecule has 0 atom stereocenters. The van der Waals surface area contributed by atoms with Crippen molar-refractivity contribution in [1.82, 2.24) is 14.9 Å². The van der Waals surface area contributed by atoms with Crippen molar-refractivity contribution in [2.24, 2.45) is 5.41 Å². The molecule has 4 rings (SSSR count). The number of nitrogens with zero attached hydrogens (tertiary/aromatic N) is 5. The summed E-state index contributed by atoms with van der Waals surface area (Å²) in [6.45, 7) is 5.92. The lowest BCUT2D eigenvalue weighted by molar-refractivity contribution is 0.0101. The third-order valence-electron chi connectivity index (χ3n) is 5.27. The number of hydrogen-bond donors (Lipinski definition) is 0. The molecule has 0 bridgehead atoms. The molecule has 7 nitrogen and oxygen atoms in total. The first-order valence-corrected chi connectivity index (χ1v) is 9.33. The van der Waals surface area contributed by atoms with E-state index in [1.165, 1.54) is 6.33 Å². The highest BCUT2D eigenvalue weighted by molar-refractivity contribution is 6.30. The van der Waals surface area contributed by atoms with Crippen LogP contribution in [0.25, 0.3) is 0 Å². The summed E-state index contributed by atoms with van der Waals surface area (Å²) in [5.41, 5.74) is 1.97. The number of urea groups is 1. The van der Waals surface area contributed by atoms with Crippen molar-refractivity contribution in [2.45, 2.75) is 6.92 Å². The summed E-state index contributed by atoms with van der Waals surface area (Å²) < 4.78 is 5.41. The Morgan fingerprint density at radius 1 is 1.26 bits per heavy atom. The van der Waals surface area contributed by atoms with Gasteiger partial charge in [-0.05, 0) is 19.1 Å². The number of aromatic nitrogens is 2.